The summed E-state index contributed by atoms with van der Waals surface area (Å²) in [6.45, 7) is 2.07. The third-order valence-corrected chi connectivity index (χ3v) is 3.16. The molecule has 0 spiro atoms. The van der Waals surface area contributed by atoms with Crippen molar-refractivity contribution in [2.24, 2.45) is 0 Å². The van der Waals surface area contributed by atoms with Gasteiger partial charge in [0.1, 0.15) is 17.2 Å². The standard InChI is InChI=1S/C14H19FN4O/c1-2-3-5-9(8-20)17-13-10-6-4-7-11(15)12(10)18-14(16)19-13/h4,6-7,9,20H,2-3,5,8H2,1H3,(H3,16,17,18,19). The molecule has 0 amide bonds. The van der Waals surface area contributed by atoms with Crippen LogP contribution in [0.15, 0.2) is 18.2 Å². The second-order valence-corrected chi connectivity index (χ2v) is 4.73. The van der Waals surface area contributed by atoms with Crippen molar-refractivity contribution in [3.05, 3.63) is 24.0 Å². The van der Waals surface area contributed by atoms with Crippen LogP contribution in [0.25, 0.3) is 10.9 Å². The number of benzene rings is 1. The molecule has 1 aromatic heterocycles. The molecule has 0 radical (unpaired) electrons. The van der Waals surface area contributed by atoms with Crippen LogP contribution in [0.5, 0.6) is 0 Å². The molecule has 0 saturated carbocycles. The Morgan fingerprint density at radius 1 is 1.40 bits per heavy atom. The number of unbranched alkanes of at least 4 members (excludes halogenated alkanes) is 1. The molecule has 1 aromatic carbocycles. The lowest BCUT2D eigenvalue weighted by molar-refractivity contribution is 0.267. The van der Waals surface area contributed by atoms with E-state index in [0.717, 1.165) is 19.3 Å². The highest BCUT2D eigenvalue weighted by Crippen LogP contribution is 2.24. The highest BCUT2D eigenvalue weighted by molar-refractivity contribution is 5.90. The molecule has 0 fully saturated rings. The first kappa shape index (κ1) is 14.5. The summed E-state index contributed by atoms with van der Waals surface area (Å²) in [6.07, 6.45) is 2.85. The summed E-state index contributed by atoms with van der Waals surface area (Å²) in [7, 11) is 0. The molecule has 4 N–H and O–H groups in total. The van der Waals surface area contributed by atoms with Crippen molar-refractivity contribution in [3.63, 3.8) is 0 Å². The van der Waals surface area contributed by atoms with Gasteiger partial charge in [0.25, 0.3) is 0 Å². The molecular formula is C14H19FN4O. The number of halogens is 1. The molecule has 108 valence electrons. The van der Waals surface area contributed by atoms with E-state index in [1.54, 1.807) is 12.1 Å². The number of nitrogens with one attached hydrogen (secondary N) is 1. The number of nitrogen functional groups attached to an aromatic ring is 1. The number of aliphatic hydroxyl groups is 1. The number of hydrogen-bond acceptors (Lipinski definition) is 5. The zero-order valence-corrected chi connectivity index (χ0v) is 11.4. The van der Waals surface area contributed by atoms with E-state index in [1.165, 1.54) is 6.07 Å². The summed E-state index contributed by atoms with van der Waals surface area (Å²) in [5, 5.41) is 13.1. The van der Waals surface area contributed by atoms with Crippen LogP contribution in [-0.4, -0.2) is 27.7 Å². The Labute approximate surface area is 117 Å². The summed E-state index contributed by atoms with van der Waals surface area (Å²) < 4.78 is 13.7. The van der Waals surface area contributed by atoms with Gasteiger partial charge in [-0.1, -0.05) is 25.8 Å². The number of anilines is 2. The lowest BCUT2D eigenvalue weighted by Crippen LogP contribution is -2.24. The average molecular weight is 278 g/mol. The van der Waals surface area contributed by atoms with Crippen molar-refractivity contribution in [3.8, 4) is 0 Å². The number of nitrogens with zero attached hydrogens (tertiary/aromatic N) is 2. The van der Waals surface area contributed by atoms with Crippen LogP contribution in [0.3, 0.4) is 0 Å². The first-order valence-electron chi connectivity index (χ1n) is 6.74. The van der Waals surface area contributed by atoms with Gasteiger partial charge in [0.05, 0.1) is 12.6 Å². The monoisotopic (exact) mass is 278 g/mol. The zero-order valence-electron chi connectivity index (χ0n) is 11.4. The maximum atomic E-state index is 13.7. The van der Waals surface area contributed by atoms with E-state index >= 15 is 0 Å². The number of aliphatic hydroxyl groups excluding tert-OH is 1. The van der Waals surface area contributed by atoms with E-state index in [0.29, 0.717) is 11.2 Å². The SMILES string of the molecule is CCCCC(CO)Nc1nc(N)nc2c(F)cccc12. The van der Waals surface area contributed by atoms with Gasteiger partial charge in [-0.15, -0.1) is 0 Å². The van der Waals surface area contributed by atoms with Gasteiger partial charge >= 0.3 is 0 Å². The average Bonchev–Trinajstić information content (AvgIpc) is 2.44. The summed E-state index contributed by atoms with van der Waals surface area (Å²) in [4.78, 5) is 8.04. The largest absolute Gasteiger partial charge is 0.394 e. The van der Waals surface area contributed by atoms with Crippen molar-refractivity contribution in [1.29, 1.82) is 0 Å². The summed E-state index contributed by atoms with van der Waals surface area (Å²) >= 11 is 0. The topological polar surface area (TPSA) is 84.1 Å². The lowest BCUT2D eigenvalue weighted by atomic mass is 10.1. The second-order valence-electron chi connectivity index (χ2n) is 4.73. The van der Waals surface area contributed by atoms with E-state index in [9.17, 15) is 9.50 Å². The fourth-order valence-corrected chi connectivity index (χ4v) is 2.10. The van der Waals surface area contributed by atoms with Gasteiger partial charge in [-0.05, 0) is 18.6 Å². The van der Waals surface area contributed by atoms with Crippen molar-refractivity contribution in [1.82, 2.24) is 9.97 Å². The predicted molar refractivity (Wildman–Crippen MR) is 77.9 cm³/mol. The Kier molecular flexibility index (Phi) is 4.68. The molecular weight excluding hydrogens is 259 g/mol. The smallest absolute Gasteiger partial charge is 0.222 e. The van der Waals surface area contributed by atoms with E-state index in [4.69, 9.17) is 5.73 Å². The van der Waals surface area contributed by atoms with Crippen LogP contribution in [0.1, 0.15) is 26.2 Å². The van der Waals surface area contributed by atoms with Crippen LogP contribution >= 0.6 is 0 Å². The van der Waals surface area contributed by atoms with Crippen molar-refractivity contribution >= 4 is 22.7 Å². The minimum atomic E-state index is -0.436. The van der Waals surface area contributed by atoms with E-state index in [2.05, 4.69) is 22.2 Å². The number of fused-ring (bicyclic) bond motifs is 1. The van der Waals surface area contributed by atoms with Gasteiger partial charge in [-0.3, -0.25) is 0 Å². The van der Waals surface area contributed by atoms with Crippen LogP contribution in [0.4, 0.5) is 16.2 Å². The molecule has 0 aliphatic carbocycles. The van der Waals surface area contributed by atoms with Gasteiger partial charge in [-0.2, -0.15) is 4.98 Å². The number of hydrogen-bond donors (Lipinski definition) is 3. The van der Waals surface area contributed by atoms with Gasteiger partial charge in [0, 0.05) is 5.39 Å². The fraction of sp³-hybridized carbons (Fsp3) is 0.429. The molecule has 2 rings (SSSR count). The summed E-state index contributed by atoms with van der Waals surface area (Å²) in [6, 6.07) is 4.53. The Balaban J connectivity index is 2.35. The normalized spacial score (nSPS) is 12.6. The third-order valence-electron chi connectivity index (χ3n) is 3.16. The second kappa shape index (κ2) is 6.47. The zero-order chi connectivity index (χ0) is 14.5. The minimum Gasteiger partial charge on any atom is -0.394 e. The van der Waals surface area contributed by atoms with Crippen molar-refractivity contribution in [2.75, 3.05) is 17.7 Å². The van der Waals surface area contributed by atoms with Crippen LogP contribution in [0.2, 0.25) is 0 Å². The van der Waals surface area contributed by atoms with Gasteiger partial charge in [0.15, 0.2) is 0 Å². The Morgan fingerprint density at radius 2 is 2.20 bits per heavy atom. The van der Waals surface area contributed by atoms with E-state index in [-0.39, 0.29) is 24.1 Å². The molecule has 1 heterocycles. The number of aromatic nitrogens is 2. The molecule has 6 heteroatoms. The quantitative estimate of drug-likeness (QED) is 0.755. The summed E-state index contributed by atoms with van der Waals surface area (Å²) in [5.74, 6) is 0.0354. The van der Waals surface area contributed by atoms with Crippen molar-refractivity contribution in [2.45, 2.75) is 32.2 Å². The maximum Gasteiger partial charge on any atom is 0.222 e. The Bertz CT molecular complexity index is 591. The molecule has 5 nitrogen and oxygen atoms in total. The van der Waals surface area contributed by atoms with Gasteiger partial charge < -0.3 is 16.2 Å². The van der Waals surface area contributed by atoms with Crippen LogP contribution in [0, 0.1) is 5.82 Å². The highest BCUT2D eigenvalue weighted by Gasteiger charge is 2.13. The van der Waals surface area contributed by atoms with E-state index in [1.807, 2.05) is 0 Å². The number of nitrogens with two attached hydrogens (primary N) is 1. The fourth-order valence-electron chi connectivity index (χ4n) is 2.10. The van der Waals surface area contributed by atoms with Gasteiger partial charge in [-0.25, -0.2) is 9.37 Å². The molecule has 1 atom stereocenters. The van der Waals surface area contributed by atoms with Crippen LogP contribution in [-0.2, 0) is 0 Å². The molecule has 0 bridgehead atoms. The van der Waals surface area contributed by atoms with Crippen LogP contribution < -0.4 is 11.1 Å². The molecule has 20 heavy (non-hydrogen) atoms. The Morgan fingerprint density at radius 3 is 2.90 bits per heavy atom. The van der Waals surface area contributed by atoms with E-state index < -0.39 is 5.82 Å². The van der Waals surface area contributed by atoms with Gasteiger partial charge in [0.2, 0.25) is 5.95 Å². The lowest BCUT2D eigenvalue weighted by Gasteiger charge is -2.18. The molecule has 2 aromatic rings. The minimum absolute atomic E-state index is 0.0114. The highest BCUT2D eigenvalue weighted by atomic mass is 19.1. The Hall–Kier alpha value is -1.95. The molecule has 1 unspecified atom stereocenters. The summed E-state index contributed by atoms with van der Waals surface area (Å²) in [5.41, 5.74) is 5.81. The molecule has 0 aliphatic rings. The number of para-hydroxylation sites is 1. The first-order valence-corrected chi connectivity index (χ1v) is 6.74. The predicted octanol–water partition coefficient (Wildman–Crippen LogP) is 2.31. The molecule has 0 saturated heterocycles. The number of rotatable bonds is 6. The third kappa shape index (κ3) is 3.14. The first-order chi connectivity index (χ1) is 9.65. The maximum absolute atomic E-state index is 13.7. The molecule has 0 aliphatic heterocycles. The van der Waals surface area contributed by atoms with Crippen molar-refractivity contribution < 1.29 is 9.50 Å².